The largest absolute Gasteiger partial charge is 0.488 e. The molecule has 0 N–H and O–H groups in total. The Labute approximate surface area is 134 Å². The maximum atomic E-state index is 5.94. The summed E-state index contributed by atoms with van der Waals surface area (Å²) in [5.41, 5.74) is 2.47. The second-order valence-corrected chi connectivity index (χ2v) is 5.75. The Balaban J connectivity index is 1.92. The Morgan fingerprint density at radius 2 is 1.27 bits per heavy atom. The van der Waals surface area contributed by atoms with Crippen molar-refractivity contribution in [2.24, 2.45) is 0 Å². The lowest BCUT2D eigenvalue weighted by molar-refractivity contribution is -0.923. The molecular formula is C20H28NO+. The molecule has 0 aromatic heterocycles. The van der Waals surface area contributed by atoms with Crippen molar-refractivity contribution in [1.82, 2.24) is 0 Å². The smallest absolute Gasteiger partial charge is 0.137 e. The van der Waals surface area contributed by atoms with Crippen molar-refractivity contribution in [3.05, 3.63) is 54.6 Å². The number of benzene rings is 2. The van der Waals surface area contributed by atoms with Crippen molar-refractivity contribution in [3.8, 4) is 16.9 Å². The van der Waals surface area contributed by atoms with Gasteiger partial charge in [-0.15, -0.1) is 0 Å². The van der Waals surface area contributed by atoms with Crippen molar-refractivity contribution in [2.45, 2.75) is 20.8 Å². The molecule has 22 heavy (non-hydrogen) atoms. The van der Waals surface area contributed by atoms with Crippen LogP contribution in [0.25, 0.3) is 11.1 Å². The lowest BCUT2D eigenvalue weighted by Crippen LogP contribution is -2.49. The number of quaternary nitrogens is 1. The molecule has 2 rings (SSSR count). The van der Waals surface area contributed by atoms with Crippen LogP contribution in [0.2, 0.25) is 0 Å². The molecule has 2 heteroatoms. The molecule has 2 aromatic carbocycles. The van der Waals surface area contributed by atoms with Gasteiger partial charge in [-0.3, -0.25) is 0 Å². The van der Waals surface area contributed by atoms with Gasteiger partial charge in [-0.2, -0.15) is 0 Å². The van der Waals surface area contributed by atoms with E-state index in [4.69, 9.17) is 4.74 Å². The molecule has 0 saturated carbocycles. The first-order chi connectivity index (χ1) is 10.7. The molecule has 0 heterocycles. The van der Waals surface area contributed by atoms with E-state index in [1.54, 1.807) is 0 Å². The molecule has 118 valence electrons. The number of ether oxygens (including phenoxy) is 1. The molecule has 0 amide bonds. The second kappa shape index (κ2) is 8.00. The van der Waals surface area contributed by atoms with E-state index in [1.807, 2.05) is 6.07 Å². The van der Waals surface area contributed by atoms with Crippen molar-refractivity contribution in [1.29, 1.82) is 0 Å². The van der Waals surface area contributed by atoms with Crippen LogP contribution < -0.4 is 4.74 Å². The summed E-state index contributed by atoms with van der Waals surface area (Å²) in [5.74, 6) is 0.959. The quantitative estimate of drug-likeness (QED) is 0.647. The highest BCUT2D eigenvalue weighted by atomic mass is 16.5. The molecule has 2 aromatic rings. The molecule has 0 spiro atoms. The highest BCUT2D eigenvalue weighted by Crippen LogP contribution is 2.22. The third kappa shape index (κ3) is 4.11. The van der Waals surface area contributed by atoms with Gasteiger partial charge in [-0.05, 0) is 44.0 Å². The van der Waals surface area contributed by atoms with Gasteiger partial charge >= 0.3 is 0 Å². The molecular weight excluding hydrogens is 270 g/mol. The van der Waals surface area contributed by atoms with Crippen LogP contribution in [0.5, 0.6) is 5.75 Å². The van der Waals surface area contributed by atoms with Gasteiger partial charge in [-0.1, -0.05) is 42.5 Å². The van der Waals surface area contributed by atoms with E-state index >= 15 is 0 Å². The Kier molecular flexibility index (Phi) is 6.02. The van der Waals surface area contributed by atoms with Crippen LogP contribution in [0.4, 0.5) is 0 Å². The minimum absolute atomic E-state index is 0.778. The van der Waals surface area contributed by atoms with Gasteiger partial charge in [-0.25, -0.2) is 0 Å². The maximum Gasteiger partial charge on any atom is 0.137 e. The molecule has 0 saturated heterocycles. The first-order valence-electron chi connectivity index (χ1n) is 8.36. The van der Waals surface area contributed by atoms with Crippen molar-refractivity contribution in [3.63, 3.8) is 0 Å². The summed E-state index contributed by atoms with van der Waals surface area (Å²) in [6.07, 6.45) is 0. The third-order valence-corrected chi connectivity index (χ3v) is 4.81. The lowest BCUT2D eigenvalue weighted by Gasteiger charge is -2.35. The summed E-state index contributed by atoms with van der Waals surface area (Å²) < 4.78 is 7.07. The van der Waals surface area contributed by atoms with Crippen LogP contribution in [0.15, 0.2) is 54.6 Å². The highest BCUT2D eigenvalue weighted by Gasteiger charge is 2.20. The number of hydrogen-bond donors (Lipinski definition) is 0. The fourth-order valence-corrected chi connectivity index (χ4v) is 2.88. The average Bonchev–Trinajstić information content (AvgIpc) is 2.60. The fraction of sp³-hybridized carbons (Fsp3) is 0.400. The molecule has 2 nitrogen and oxygen atoms in total. The van der Waals surface area contributed by atoms with Crippen LogP contribution >= 0.6 is 0 Å². The summed E-state index contributed by atoms with van der Waals surface area (Å²) in [5, 5.41) is 0. The Morgan fingerprint density at radius 3 is 1.82 bits per heavy atom. The standard InChI is InChI=1S/C20H28NO/c1-4-21(5-2,6-3)16-17-22-20-14-12-19(13-15-20)18-10-8-7-9-11-18/h7-15H,4-6,16-17H2,1-3H3/q+1. The molecule has 0 aliphatic carbocycles. The predicted molar refractivity (Wildman–Crippen MR) is 94.1 cm³/mol. The summed E-state index contributed by atoms with van der Waals surface area (Å²) in [7, 11) is 0. The number of hydrogen-bond acceptors (Lipinski definition) is 1. The van der Waals surface area contributed by atoms with Gasteiger partial charge in [0, 0.05) is 0 Å². The second-order valence-electron chi connectivity index (χ2n) is 5.75. The van der Waals surface area contributed by atoms with E-state index in [1.165, 1.54) is 30.8 Å². The molecule has 0 aliphatic rings. The first-order valence-corrected chi connectivity index (χ1v) is 8.36. The van der Waals surface area contributed by atoms with E-state index in [9.17, 15) is 0 Å². The molecule has 0 fully saturated rings. The number of rotatable bonds is 8. The molecule has 0 aliphatic heterocycles. The predicted octanol–water partition coefficient (Wildman–Crippen LogP) is 4.61. The van der Waals surface area contributed by atoms with Crippen LogP contribution in [-0.4, -0.2) is 37.3 Å². The summed E-state index contributed by atoms with van der Waals surface area (Å²) in [6.45, 7) is 12.2. The molecule has 0 atom stereocenters. The van der Waals surface area contributed by atoms with E-state index in [0.29, 0.717) is 0 Å². The van der Waals surface area contributed by atoms with E-state index in [-0.39, 0.29) is 0 Å². The summed E-state index contributed by atoms with van der Waals surface area (Å²) in [4.78, 5) is 0. The SMILES string of the molecule is CC[N+](CC)(CC)CCOc1ccc(-c2ccccc2)cc1. The van der Waals surface area contributed by atoms with Crippen molar-refractivity contribution in [2.75, 3.05) is 32.8 Å². The maximum absolute atomic E-state index is 5.94. The lowest BCUT2D eigenvalue weighted by atomic mass is 10.1. The average molecular weight is 298 g/mol. The van der Waals surface area contributed by atoms with Crippen LogP contribution in [0, 0.1) is 0 Å². The minimum atomic E-state index is 0.778. The fourth-order valence-electron chi connectivity index (χ4n) is 2.88. The van der Waals surface area contributed by atoms with Crippen LogP contribution in [0.1, 0.15) is 20.8 Å². The highest BCUT2D eigenvalue weighted by molar-refractivity contribution is 5.63. The van der Waals surface area contributed by atoms with Gasteiger partial charge < -0.3 is 9.22 Å². The Morgan fingerprint density at radius 1 is 0.727 bits per heavy atom. The normalized spacial score (nSPS) is 11.4. The van der Waals surface area contributed by atoms with Crippen molar-refractivity contribution < 1.29 is 9.22 Å². The number of nitrogens with zero attached hydrogens (tertiary/aromatic N) is 1. The molecule has 0 radical (unpaired) electrons. The van der Waals surface area contributed by atoms with Gasteiger partial charge in [0.15, 0.2) is 0 Å². The van der Waals surface area contributed by atoms with Gasteiger partial charge in [0.2, 0.25) is 0 Å². The first kappa shape index (κ1) is 16.6. The third-order valence-electron chi connectivity index (χ3n) is 4.81. The summed E-state index contributed by atoms with van der Waals surface area (Å²) in [6, 6.07) is 18.8. The number of likely N-dealkylation sites (N-methyl/N-ethyl adjacent to an activating group) is 1. The zero-order valence-electron chi connectivity index (χ0n) is 14.1. The van der Waals surface area contributed by atoms with E-state index in [0.717, 1.165) is 23.4 Å². The van der Waals surface area contributed by atoms with Crippen LogP contribution in [0.3, 0.4) is 0 Å². The zero-order chi connectivity index (χ0) is 15.8. The Hall–Kier alpha value is -1.80. The monoisotopic (exact) mass is 298 g/mol. The van der Waals surface area contributed by atoms with Gasteiger partial charge in [0.1, 0.15) is 18.9 Å². The van der Waals surface area contributed by atoms with Gasteiger partial charge in [0.25, 0.3) is 0 Å². The molecule has 0 unspecified atom stereocenters. The van der Waals surface area contributed by atoms with E-state index in [2.05, 4.69) is 69.3 Å². The van der Waals surface area contributed by atoms with Crippen molar-refractivity contribution >= 4 is 0 Å². The zero-order valence-corrected chi connectivity index (χ0v) is 14.1. The van der Waals surface area contributed by atoms with Crippen LogP contribution in [-0.2, 0) is 0 Å². The summed E-state index contributed by atoms with van der Waals surface area (Å²) >= 11 is 0. The Bertz CT molecular complexity index is 535. The molecule has 0 bridgehead atoms. The van der Waals surface area contributed by atoms with E-state index < -0.39 is 0 Å². The van der Waals surface area contributed by atoms with Gasteiger partial charge in [0.05, 0.1) is 19.6 Å². The minimum Gasteiger partial charge on any atom is -0.488 e. The topological polar surface area (TPSA) is 9.23 Å².